The fourth-order valence-corrected chi connectivity index (χ4v) is 8.91. The van der Waals surface area contributed by atoms with Crippen LogP contribution < -0.4 is 5.32 Å². The molecule has 0 radical (unpaired) electrons. The van der Waals surface area contributed by atoms with Crippen LogP contribution in [0.2, 0.25) is 0 Å². The van der Waals surface area contributed by atoms with Gasteiger partial charge in [0, 0.05) is 12.8 Å². The number of amides is 1. The summed E-state index contributed by atoms with van der Waals surface area (Å²) in [7, 11) is 0. The maximum Gasteiger partial charge on any atom is 0.305 e. The average Bonchev–Trinajstić information content (AvgIpc) is 3.35. The van der Waals surface area contributed by atoms with E-state index in [1.54, 1.807) is 6.08 Å². The molecule has 0 aromatic rings. The van der Waals surface area contributed by atoms with Crippen molar-refractivity contribution in [1.29, 1.82) is 0 Å². The van der Waals surface area contributed by atoms with Gasteiger partial charge in [-0.3, -0.25) is 9.59 Å². The molecule has 6 nitrogen and oxygen atoms in total. The SMILES string of the molecule is CCCCCC/C=C\C/C=C\CCCCCCCC(=O)OCC/C=C\C/C=C\CCCCCCCCCCCCCCCCC(=O)NC(CO)C(O)/C=C/CCCCCCCCCCCCCCC. The summed E-state index contributed by atoms with van der Waals surface area (Å²) in [6.07, 6.45) is 75.5. The van der Waals surface area contributed by atoms with E-state index in [0.717, 1.165) is 64.2 Å². The second-order valence-corrected chi connectivity index (χ2v) is 20.3. The van der Waals surface area contributed by atoms with Crippen LogP contribution in [0.3, 0.4) is 0 Å². The van der Waals surface area contributed by atoms with Gasteiger partial charge in [0.05, 0.1) is 25.4 Å². The minimum absolute atomic E-state index is 0.0499. The number of rotatable bonds is 55. The molecule has 6 heteroatoms. The molecule has 1 amide bonds. The Kier molecular flexibility index (Phi) is 56.1. The van der Waals surface area contributed by atoms with Gasteiger partial charge in [-0.1, -0.05) is 267 Å². The summed E-state index contributed by atoms with van der Waals surface area (Å²) in [5, 5.41) is 23.1. The van der Waals surface area contributed by atoms with Crippen molar-refractivity contribution in [3.63, 3.8) is 0 Å². The number of carbonyl (C=O) groups excluding carboxylic acids is 2. The third-order valence-corrected chi connectivity index (χ3v) is 13.5. The van der Waals surface area contributed by atoms with Crippen LogP contribution in [-0.4, -0.2) is 47.4 Å². The Morgan fingerprint density at radius 1 is 0.406 bits per heavy atom. The maximum atomic E-state index is 12.5. The van der Waals surface area contributed by atoms with Crippen molar-refractivity contribution in [1.82, 2.24) is 5.32 Å². The molecule has 0 fully saturated rings. The summed E-state index contributed by atoms with van der Waals surface area (Å²) in [5.41, 5.74) is 0. The number of carbonyl (C=O) groups is 2. The van der Waals surface area contributed by atoms with Crippen molar-refractivity contribution in [2.45, 2.75) is 315 Å². The van der Waals surface area contributed by atoms with Gasteiger partial charge in [0.15, 0.2) is 0 Å². The minimum atomic E-state index is -0.849. The van der Waals surface area contributed by atoms with Crippen LogP contribution in [0.5, 0.6) is 0 Å². The molecule has 0 aromatic heterocycles. The van der Waals surface area contributed by atoms with Gasteiger partial charge in [0.2, 0.25) is 5.91 Å². The van der Waals surface area contributed by atoms with Crippen LogP contribution in [0.4, 0.5) is 0 Å². The number of nitrogens with one attached hydrogen (secondary N) is 1. The summed E-state index contributed by atoms with van der Waals surface area (Å²) >= 11 is 0. The van der Waals surface area contributed by atoms with Crippen LogP contribution in [0.15, 0.2) is 60.8 Å². The first kappa shape index (κ1) is 66.6. The van der Waals surface area contributed by atoms with E-state index in [0.29, 0.717) is 19.4 Å². The first-order valence-corrected chi connectivity index (χ1v) is 30.1. The lowest BCUT2D eigenvalue weighted by Crippen LogP contribution is -2.45. The van der Waals surface area contributed by atoms with Crippen LogP contribution in [0.1, 0.15) is 303 Å². The molecule has 3 N–H and O–H groups in total. The predicted octanol–water partition coefficient (Wildman–Crippen LogP) is 18.7. The van der Waals surface area contributed by atoms with Crippen LogP contribution in [0.25, 0.3) is 0 Å². The van der Waals surface area contributed by atoms with E-state index in [4.69, 9.17) is 4.74 Å². The first-order valence-electron chi connectivity index (χ1n) is 30.1. The Balaban J connectivity index is 3.49. The molecule has 0 aromatic carbocycles. The molecule has 0 saturated heterocycles. The van der Waals surface area contributed by atoms with Crippen LogP contribution in [0, 0.1) is 0 Å². The van der Waals surface area contributed by atoms with Gasteiger partial charge in [-0.15, -0.1) is 0 Å². The Bertz CT molecular complexity index is 1210. The molecular weight excluding hydrogens is 851 g/mol. The van der Waals surface area contributed by atoms with Crippen LogP contribution in [-0.2, 0) is 14.3 Å². The average molecular weight is 967 g/mol. The van der Waals surface area contributed by atoms with Gasteiger partial charge in [0.1, 0.15) is 0 Å². The van der Waals surface area contributed by atoms with Crippen molar-refractivity contribution >= 4 is 11.9 Å². The molecule has 0 rings (SSSR count). The third kappa shape index (κ3) is 54.7. The molecule has 0 aliphatic heterocycles. The number of aliphatic hydroxyl groups is 2. The molecule has 69 heavy (non-hydrogen) atoms. The zero-order valence-electron chi connectivity index (χ0n) is 45.8. The van der Waals surface area contributed by atoms with E-state index in [-0.39, 0.29) is 18.5 Å². The van der Waals surface area contributed by atoms with E-state index in [2.05, 4.69) is 67.8 Å². The van der Waals surface area contributed by atoms with Crippen molar-refractivity contribution in [3.05, 3.63) is 60.8 Å². The molecule has 2 unspecified atom stereocenters. The number of hydrogen-bond donors (Lipinski definition) is 3. The van der Waals surface area contributed by atoms with E-state index >= 15 is 0 Å². The summed E-state index contributed by atoms with van der Waals surface area (Å²) in [5.74, 6) is -0.123. The normalized spacial score (nSPS) is 13.0. The number of ether oxygens (including phenoxy) is 1. The maximum absolute atomic E-state index is 12.5. The highest BCUT2D eigenvalue weighted by atomic mass is 16.5. The van der Waals surface area contributed by atoms with Gasteiger partial charge in [0.25, 0.3) is 0 Å². The van der Waals surface area contributed by atoms with E-state index in [1.165, 1.54) is 212 Å². The standard InChI is InChI=1S/C63H115NO5/c1-3-5-7-9-11-13-15-17-19-29-33-37-41-45-49-53-57-63(68)69-58-54-50-46-42-38-34-30-26-24-22-20-21-23-25-28-32-36-40-44-48-52-56-62(67)64-60(59-65)61(66)55-51-47-43-39-35-31-27-18-16-14-12-10-8-6-4-2/h13,15,19,29,34,38,46,50-51,55,60-61,65-66H,3-12,14,16-18,20-28,30-33,35-37,39-45,47-49,52-54,56-59H2,1-2H3,(H,64,67)/b15-13-,29-19-,38-34-,50-46-,55-51+. The second kappa shape index (κ2) is 58.1. The predicted molar refractivity (Wildman–Crippen MR) is 301 cm³/mol. The molecule has 0 aliphatic carbocycles. The van der Waals surface area contributed by atoms with Crippen molar-refractivity contribution in [2.75, 3.05) is 13.2 Å². The number of esters is 1. The Morgan fingerprint density at radius 2 is 0.725 bits per heavy atom. The minimum Gasteiger partial charge on any atom is -0.465 e. The Hall–Kier alpha value is -2.44. The third-order valence-electron chi connectivity index (χ3n) is 13.5. The number of aliphatic hydroxyl groups excluding tert-OH is 2. The van der Waals surface area contributed by atoms with Gasteiger partial charge in [-0.25, -0.2) is 0 Å². The second-order valence-electron chi connectivity index (χ2n) is 20.3. The highest BCUT2D eigenvalue weighted by Crippen LogP contribution is 2.16. The van der Waals surface area contributed by atoms with Gasteiger partial charge in [-0.2, -0.15) is 0 Å². The molecule has 0 saturated carbocycles. The summed E-state index contributed by atoms with van der Waals surface area (Å²) < 4.78 is 5.41. The van der Waals surface area contributed by atoms with Crippen molar-refractivity contribution < 1.29 is 24.5 Å². The number of allylic oxidation sites excluding steroid dienone is 8. The summed E-state index contributed by atoms with van der Waals surface area (Å²) in [6, 6.07) is -0.633. The zero-order valence-corrected chi connectivity index (χ0v) is 45.8. The Labute approximate surface area is 428 Å². The highest BCUT2D eigenvalue weighted by molar-refractivity contribution is 5.76. The summed E-state index contributed by atoms with van der Waals surface area (Å²) in [4.78, 5) is 24.5. The van der Waals surface area contributed by atoms with E-state index in [9.17, 15) is 19.8 Å². The Morgan fingerprint density at radius 3 is 1.12 bits per heavy atom. The lowest BCUT2D eigenvalue weighted by atomic mass is 10.0. The van der Waals surface area contributed by atoms with Gasteiger partial charge >= 0.3 is 5.97 Å². The van der Waals surface area contributed by atoms with E-state index in [1.807, 2.05) is 6.08 Å². The molecule has 0 heterocycles. The monoisotopic (exact) mass is 966 g/mol. The molecular formula is C63H115NO5. The zero-order chi connectivity index (χ0) is 50.0. The first-order chi connectivity index (χ1) is 34.0. The van der Waals surface area contributed by atoms with Gasteiger partial charge < -0.3 is 20.3 Å². The lowest BCUT2D eigenvalue weighted by Gasteiger charge is -2.20. The van der Waals surface area contributed by atoms with E-state index < -0.39 is 12.1 Å². The largest absolute Gasteiger partial charge is 0.465 e. The fraction of sp³-hybridized carbons (Fsp3) is 0.810. The fourth-order valence-electron chi connectivity index (χ4n) is 8.91. The van der Waals surface area contributed by atoms with Crippen molar-refractivity contribution in [3.8, 4) is 0 Å². The van der Waals surface area contributed by atoms with Crippen LogP contribution >= 0.6 is 0 Å². The lowest BCUT2D eigenvalue weighted by molar-refractivity contribution is -0.143. The smallest absolute Gasteiger partial charge is 0.305 e. The number of hydrogen-bond acceptors (Lipinski definition) is 5. The molecule has 0 bridgehead atoms. The van der Waals surface area contributed by atoms with Gasteiger partial charge in [-0.05, 0) is 83.5 Å². The molecule has 0 spiro atoms. The quantitative estimate of drug-likeness (QED) is 0.0321. The molecule has 402 valence electrons. The van der Waals surface area contributed by atoms with Crippen molar-refractivity contribution in [2.24, 2.45) is 0 Å². The molecule has 0 aliphatic rings. The number of unbranched alkanes of at least 4 members (excludes halogenated alkanes) is 36. The topological polar surface area (TPSA) is 95.9 Å². The summed E-state index contributed by atoms with van der Waals surface area (Å²) in [6.45, 7) is 4.77. The highest BCUT2D eigenvalue weighted by Gasteiger charge is 2.18. The molecule has 2 atom stereocenters.